The van der Waals surface area contributed by atoms with Gasteiger partial charge in [0.15, 0.2) is 0 Å². The minimum Gasteiger partial charge on any atom is -0.355 e. The van der Waals surface area contributed by atoms with Gasteiger partial charge in [-0.1, -0.05) is 88.7 Å². The molecular weight excluding hydrogens is 452 g/mol. The number of nitrogens with one attached hydrogen (secondary N) is 1. The number of amides is 2. The Bertz CT molecular complexity index is 975. The van der Waals surface area contributed by atoms with Crippen LogP contribution in [0.3, 0.4) is 0 Å². The molecule has 0 aliphatic carbocycles. The minimum absolute atomic E-state index is 0.0682. The van der Waals surface area contributed by atoms with Crippen LogP contribution in [0.5, 0.6) is 0 Å². The van der Waals surface area contributed by atoms with Crippen LogP contribution < -0.4 is 5.32 Å². The number of benzene rings is 3. The largest absolute Gasteiger partial charge is 0.355 e. The third-order valence-electron chi connectivity index (χ3n) is 5.09. The Balaban J connectivity index is 1.93. The van der Waals surface area contributed by atoms with Crippen molar-refractivity contribution >= 4 is 27.7 Å². The molecule has 0 aliphatic rings. The van der Waals surface area contributed by atoms with Crippen molar-refractivity contribution in [3.8, 4) is 0 Å². The molecular formula is C26H27BrN2O2. The monoisotopic (exact) mass is 478 g/mol. The van der Waals surface area contributed by atoms with E-state index in [1.54, 1.807) is 4.90 Å². The summed E-state index contributed by atoms with van der Waals surface area (Å²) in [7, 11) is 0. The second-order valence-corrected chi connectivity index (χ2v) is 8.33. The minimum atomic E-state index is -0.595. The Morgan fingerprint density at radius 3 is 2.00 bits per heavy atom. The van der Waals surface area contributed by atoms with Crippen molar-refractivity contribution in [2.45, 2.75) is 32.4 Å². The molecule has 0 spiro atoms. The van der Waals surface area contributed by atoms with E-state index in [0.29, 0.717) is 19.5 Å². The van der Waals surface area contributed by atoms with E-state index < -0.39 is 6.04 Å². The molecule has 3 aromatic carbocycles. The van der Waals surface area contributed by atoms with Crippen LogP contribution in [0.25, 0.3) is 0 Å². The van der Waals surface area contributed by atoms with Gasteiger partial charge >= 0.3 is 0 Å². The molecule has 0 radical (unpaired) electrons. The summed E-state index contributed by atoms with van der Waals surface area (Å²) in [6.07, 6.45) is 0.714. The highest BCUT2D eigenvalue weighted by molar-refractivity contribution is 9.10. The maximum absolute atomic E-state index is 13.5. The standard InChI is InChI=1S/C26H27BrN2O2/c1-2-28-26(31)24(17-20-9-5-3-6-10-20)29(19-22-13-15-23(27)16-14-22)25(30)18-21-11-7-4-8-12-21/h3-16,24H,2,17-19H2,1H3,(H,28,31)/t24-/m0/s1. The highest BCUT2D eigenvalue weighted by Gasteiger charge is 2.30. The van der Waals surface area contributed by atoms with Gasteiger partial charge in [0, 0.05) is 24.0 Å². The fraction of sp³-hybridized carbons (Fsp3) is 0.231. The Morgan fingerprint density at radius 2 is 1.42 bits per heavy atom. The fourth-order valence-electron chi connectivity index (χ4n) is 3.50. The van der Waals surface area contributed by atoms with E-state index >= 15 is 0 Å². The summed E-state index contributed by atoms with van der Waals surface area (Å²) in [5, 5.41) is 2.92. The first-order valence-electron chi connectivity index (χ1n) is 10.5. The number of halogens is 1. The molecule has 0 aliphatic heterocycles. The quantitative estimate of drug-likeness (QED) is 0.481. The average Bonchev–Trinajstić information content (AvgIpc) is 2.79. The van der Waals surface area contributed by atoms with Crippen LogP contribution in [-0.2, 0) is 29.0 Å². The van der Waals surface area contributed by atoms with E-state index in [9.17, 15) is 9.59 Å². The van der Waals surface area contributed by atoms with Crippen LogP contribution in [0, 0.1) is 0 Å². The maximum Gasteiger partial charge on any atom is 0.243 e. The van der Waals surface area contributed by atoms with Gasteiger partial charge in [-0.25, -0.2) is 0 Å². The summed E-state index contributed by atoms with van der Waals surface area (Å²) in [5.41, 5.74) is 2.93. The van der Waals surface area contributed by atoms with Crippen molar-refractivity contribution in [2.24, 2.45) is 0 Å². The maximum atomic E-state index is 13.5. The highest BCUT2D eigenvalue weighted by atomic mass is 79.9. The molecule has 0 fully saturated rings. The molecule has 0 saturated heterocycles. The normalized spacial score (nSPS) is 11.5. The van der Waals surface area contributed by atoms with Crippen molar-refractivity contribution in [1.29, 1.82) is 0 Å². The zero-order valence-corrected chi connectivity index (χ0v) is 19.2. The van der Waals surface area contributed by atoms with Crippen LogP contribution in [0.2, 0.25) is 0 Å². The van der Waals surface area contributed by atoms with E-state index in [1.807, 2.05) is 91.9 Å². The van der Waals surface area contributed by atoms with Gasteiger partial charge in [0.2, 0.25) is 11.8 Å². The van der Waals surface area contributed by atoms with Gasteiger partial charge in [0.05, 0.1) is 6.42 Å². The van der Waals surface area contributed by atoms with Crippen LogP contribution in [-0.4, -0.2) is 29.3 Å². The average molecular weight is 479 g/mol. The van der Waals surface area contributed by atoms with Crippen molar-refractivity contribution in [3.05, 3.63) is 106 Å². The van der Waals surface area contributed by atoms with E-state index in [-0.39, 0.29) is 18.2 Å². The lowest BCUT2D eigenvalue weighted by atomic mass is 10.0. The summed E-state index contributed by atoms with van der Waals surface area (Å²) in [5.74, 6) is -0.203. The molecule has 4 nitrogen and oxygen atoms in total. The summed E-state index contributed by atoms with van der Waals surface area (Å²) < 4.78 is 0.975. The van der Waals surface area contributed by atoms with Gasteiger partial charge in [-0.05, 0) is 35.7 Å². The van der Waals surface area contributed by atoms with E-state index in [4.69, 9.17) is 0 Å². The molecule has 0 bridgehead atoms. The van der Waals surface area contributed by atoms with Crippen molar-refractivity contribution < 1.29 is 9.59 Å². The number of rotatable bonds is 9. The number of likely N-dealkylation sites (N-methyl/N-ethyl adjacent to an activating group) is 1. The van der Waals surface area contributed by atoms with Crippen molar-refractivity contribution in [3.63, 3.8) is 0 Å². The van der Waals surface area contributed by atoms with Gasteiger partial charge in [0.25, 0.3) is 0 Å². The van der Waals surface area contributed by atoms with Crippen LogP contribution in [0.4, 0.5) is 0 Å². The number of hydrogen-bond donors (Lipinski definition) is 1. The molecule has 0 unspecified atom stereocenters. The van der Waals surface area contributed by atoms with E-state index in [2.05, 4.69) is 21.2 Å². The third-order valence-corrected chi connectivity index (χ3v) is 5.62. The Labute approximate surface area is 192 Å². The molecule has 160 valence electrons. The summed E-state index contributed by atoms with van der Waals surface area (Å²) in [4.78, 5) is 28.3. The van der Waals surface area contributed by atoms with E-state index in [0.717, 1.165) is 21.2 Å². The van der Waals surface area contributed by atoms with Gasteiger partial charge < -0.3 is 10.2 Å². The number of carbonyl (C=O) groups excluding carboxylic acids is 2. The molecule has 2 amide bonds. The van der Waals surface area contributed by atoms with Gasteiger partial charge in [-0.2, -0.15) is 0 Å². The lowest BCUT2D eigenvalue weighted by Gasteiger charge is -2.31. The fourth-order valence-corrected chi connectivity index (χ4v) is 3.77. The highest BCUT2D eigenvalue weighted by Crippen LogP contribution is 2.18. The Kier molecular flexibility index (Phi) is 8.42. The molecule has 3 aromatic rings. The van der Waals surface area contributed by atoms with Gasteiger partial charge in [-0.3, -0.25) is 9.59 Å². The number of hydrogen-bond acceptors (Lipinski definition) is 2. The topological polar surface area (TPSA) is 49.4 Å². The first-order chi connectivity index (χ1) is 15.1. The summed E-state index contributed by atoms with van der Waals surface area (Å²) in [6, 6.07) is 26.8. The van der Waals surface area contributed by atoms with Crippen LogP contribution in [0.1, 0.15) is 23.6 Å². The molecule has 1 atom stereocenters. The first kappa shape index (κ1) is 22.8. The molecule has 0 saturated carbocycles. The lowest BCUT2D eigenvalue weighted by Crippen LogP contribution is -2.50. The Hall–Kier alpha value is -2.92. The SMILES string of the molecule is CCNC(=O)[C@H](Cc1ccccc1)N(Cc1ccc(Br)cc1)C(=O)Cc1ccccc1. The zero-order chi connectivity index (χ0) is 22.1. The van der Waals surface area contributed by atoms with Crippen LogP contribution in [0.15, 0.2) is 89.4 Å². The number of carbonyl (C=O) groups is 2. The van der Waals surface area contributed by atoms with Crippen LogP contribution >= 0.6 is 15.9 Å². The second-order valence-electron chi connectivity index (χ2n) is 7.41. The smallest absolute Gasteiger partial charge is 0.243 e. The molecule has 0 heterocycles. The summed E-state index contributed by atoms with van der Waals surface area (Å²) in [6.45, 7) is 2.78. The van der Waals surface area contributed by atoms with Gasteiger partial charge in [-0.15, -0.1) is 0 Å². The van der Waals surface area contributed by atoms with Crippen molar-refractivity contribution in [2.75, 3.05) is 6.54 Å². The van der Waals surface area contributed by atoms with E-state index in [1.165, 1.54) is 0 Å². The zero-order valence-electron chi connectivity index (χ0n) is 17.6. The molecule has 0 aromatic heterocycles. The molecule has 31 heavy (non-hydrogen) atoms. The molecule has 1 N–H and O–H groups in total. The third kappa shape index (κ3) is 6.79. The predicted octanol–water partition coefficient (Wildman–Crippen LogP) is 4.77. The lowest BCUT2D eigenvalue weighted by molar-refractivity contribution is -0.140. The molecule has 3 rings (SSSR count). The Morgan fingerprint density at radius 1 is 0.839 bits per heavy atom. The molecule has 5 heteroatoms. The summed E-state index contributed by atoms with van der Waals surface area (Å²) >= 11 is 3.46. The predicted molar refractivity (Wildman–Crippen MR) is 127 cm³/mol. The second kappa shape index (κ2) is 11.5. The van der Waals surface area contributed by atoms with Crippen molar-refractivity contribution in [1.82, 2.24) is 10.2 Å². The first-order valence-corrected chi connectivity index (χ1v) is 11.3. The van der Waals surface area contributed by atoms with Gasteiger partial charge in [0.1, 0.15) is 6.04 Å². The number of nitrogens with zero attached hydrogens (tertiary/aromatic N) is 1.